The van der Waals surface area contributed by atoms with Crippen molar-refractivity contribution in [2.24, 2.45) is 0 Å². The second-order valence-corrected chi connectivity index (χ2v) is 9.85. The summed E-state index contributed by atoms with van der Waals surface area (Å²) >= 11 is 0. The highest BCUT2D eigenvalue weighted by atomic mass is 16.3. The minimum absolute atomic E-state index is 0.0949. The quantitative estimate of drug-likeness (QED) is 0.219. The maximum Gasteiger partial charge on any atom is 0.246 e. The van der Waals surface area contributed by atoms with Crippen LogP contribution in [0.1, 0.15) is 43.9 Å². The van der Waals surface area contributed by atoms with E-state index in [0.29, 0.717) is 12.0 Å². The van der Waals surface area contributed by atoms with Gasteiger partial charge in [-0.3, -0.25) is 14.4 Å². The minimum Gasteiger partial charge on any atom is -0.508 e. The number of likely N-dealkylation sites (N-methyl/N-ethyl adjacent to an activating group) is 1. The van der Waals surface area contributed by atoms with Gasteiger partial charge in [-0.25, -0.2) is 0 Å². The monoisotopic (exact) mass is 592 g/mol. The van der Waals surface area contributed by atoms with E-state index in [2.05, 4.69) is 17.4 Å². The summed E-state index contributed by atoms with van der Waals surface area (Å²) in [5.74, 6) is -0.998. The van der Waals surface area contributed by atoms with E-state index in [4.69, 9.17) is 0 Å². The molecule has 0 saturated carbocycles. The number of phenolic OH excluding ortho intramolecular Hbond substituents is 3. The predicted molar refractivity (Wildman–Crippen MR) is 166 cm³/mol. The number of hydrogen-bond donors (Lipinski definition) is 4. The van der Waals surface area contributed by atoms with Crippen LogP contribution < -0.4 is 5.32 Å². The van der Waals surface area contributed by atoms with Crippen molar-refractivity contribution in [3.05, 3.63) is 89.5 Å². The van der Waals surface area contributed by atoms with Gasteiger partial charge in [0.15, 0.2) is 11.5 Å². The third kappa shape index (κ3) is 9.75. The van der Waals surface area contributed by atoms with Gasteiger partial charge in [-0.15, -0.1) is 0 Å². The number of carbonyl (C=O) groups excluding carboxylic acids is 3. The molecule has 0 aliphatic carbocycles. The zero-order chi connectivity index (χ0) is 31.9. The Bertz CT molecular complexity index is 1300. The lowest BCUT2D eigenvalue weighted by Crippen LogP contribution is -2.67. The number of aromatic hydroxyl groups is 3. The third-order valence-electron chi connectivity index (χ3n) is 6.87. The minimum atomic E-state index is -0.848. The van der Waals surface area contributed by atoms with Crippen LogP contribution >= 0.6 is 0 Å². The standard InChI is InChI=1S/C23H27N3O6.C8H11N.C2H6/c1-3-22(31)26-18(10-15-4-7-17(28)8-5-15)23(32)25(13-21(26)24(2)14-27)12-16-6-9-19(29)20(30)11-16;1-9-7-8-5-3-2-4-6-8;1-2/h4-9,11,14,18,21,28-30H,3,10,12-13H2,1-2H3;2-6,9H,7H2,1H3;1-2H3/t18-,21?;;/m0../s1. The van der Waals surface area contributed by atoms with Crippen molar-refractivity contribution in [3.63, 3.8) is 0 Å². The molecule has 43 heavy (non-hydrogen) atoms. The van der Waals surface area contributed by atoms with Crippen LogP contribution in [0.25, 0.3) is 0 Å². The Morgan fingerprint density at radius 1 is 0.953 bits per heavy atom. The van der Waals surface area contributed by atoms with E-state index in [1.165, 1.54) is 39.6 Å². The van der Waals surface area contributed by atoms with Crippen LogP contribution in [0.2, 0.25) is 0 Å². The first kappa shape index (κ1) is 34.6. The van der Waals surface area contributed by atoms with Crippen molar-refractivity contribution >= 4 is 18.2 Å². The van der Waals surface area contributed by atoms with E-state index >= 15 is 0 Å². The first-order valence-electron chi connectivity index (χ1n) is 14.4. The molecular weight excluding hydrogens is 548 g/mol. The molecule has 0 aromatic heterocycles. The summed E-state index contributed by atoms with van der Waals surface area (Å²) in [4.78, 5) is 42.3. The molecule has 3 amide bonds. The van der Waals surface area contributed by atoms with Gasteiger partial charge in [0.2, 0.25) is 18.2 Å². The van der Waals surface area contributed by atoms with Crippen molar-refractivity contribution in [1.82, 2.24) is 20.0 Å². The molecule has 1 heterocycles. The van der Waals surface area contributed by atoms with Crippen molar-refractivity contribution < 1.29 is 29.7 Å². The molecule has 10 heteroatoms. The average Bonchev–Trinajstić information content (AvgIpc) is 3.03. The molecule has 1 unspecified atom stereocenters. The Hall–Kier alpha value is -4.57. The predicted octanol–water partition coefficient (Wildman–Crippen LogP) is 3.84. The lowest BCUT2D eigenvalue weighted by Gasteiger charge is -2.48. The van der Waals surface area contributed by atoms with E-state index < -0.39 is 12.2 Å². The number of rotatable bonds is 9. The lowest BCUT2D eigenvalue weighted by atomic mass is 9.98. The summed E-state index contributed by atoms with van der Waals surface area (Å²) in [6, 6.07) is 20.2. The highest BCUT2D eigenvalue weighted by molar-refractivity contribution is 5.89. The van der Waals surface area contributed by atoms with E-state index in [9.17, 15) is 29.7 Å². The number of piperazine rings is 1. The van der Waals surface area contributed by atoms with Crippen molar-refractivity contribution in [3.8, 4) is 17.2 Å². The summed E-state index contributed by atoms with van der Waals surface area (Å²) in [6.07, 6.45) is 0.351. The van der Waals surface area contributed by atoms with E-state index in [-0.39, 0.29) is 55.0 Å². The molecule has 1 aliphatic heterocycles. The maximum absolute atomic E-state index is 13.5. The molecule has 3 aromatic carbocycles. The molecule has 3 aromatic rings. The van der Waals surface area contributed by atoms with Gasteiger partial charge in [0.1, 0.15) is 18.0 Å². The Balaban J connectivity index is 0.000000496. The molecule has 1 fully saturated rings. The fourth-order valence-corrected chi connectivity index (χ4v) is 4.70. The smallest absolute Gasteiger partial charge is 0.246 e. The second kappa shape index (κ2) is 17.4. The van der Waals surface area contributed by atoms with Crippen LogP contribution in [-0.4, -0.2) is 81.1 Å². The number of nitrogens with one attached hydrogen (secondary N) is 1. The molecule has 0 radical (unpaired) electrons. The van der Waals surface area contributed by atoms with Gasteiger partial charge < -0.3 is 35.3 Å². The van der Waals surface area contributed by atoms with Crippen LogP contribution in [0.3, 0.4) is 0 Å². The fourth-order valence-electron chi connectivity index (χ4n) is 4.70. The number of nitrogens with zero attached hydrogens (tertiary/aromatic N) is 3. The number of phenols is 3. The number of hydrogen-bond acceptors (Lipinski definition) is 7. The zero-order valence-corrected chi connectivity index (χ0v) is 25.6. The van der Waals surface area contributed by atoms with Gasteiger partial charge in [-0.1, -0.05) is 69.3 Å². The second-order valence-electron chi connectivity index (χ2n) is 9.85. The first-order valence-corrected chi connectivity index (χ1v) is 14.4. The topological polar surface area (TPSA) is 134 Å². The van der Waals surface area contributed by atoms with Gasteiger partial charge in [0.05, 0.1) is 6.54 Å². The third-order valence-corrected chi connectivity index (χ3v) is 6.87. The van der Waals surface area contributed by atoms with E-state index in [1.807, 2.05) is 39.1 Å². The van der Waals surface area contributed by atoms with E-state index in [0.717, 1.165) is 12.1 Å². The van der Waals surface area contributed by atoms with Crippen molar-refractivity contribution in [1.29, 1.82) is 0 Å². The molecule has 4 N–H and O–H groups in total. The Labute approximate surface area is 254 Å². The molecule has 4 rings (SSSR count). The normalized spacial score (nSPS) is 15.9. The molecule has 1 saturated heterocycles. The Kier molecular flexibility index (Phi) is 14.0. The Morgan fingerprint density at radius 3 is 2.14 bits per heavy atom. The molecule has 2 atom stereocenters. The average molecular weight is 593 g/mol. The van der Waals surface area contributed by atoms with Crippen LogP contribution in [-0.2, 0) is 33.9 Å². The van der Waals surface area contributed by atoms with Gasteiger partial charge in [-0.2, -0.15) is 0 Å². The largest absolute Gasteiger partial charge is 0.508 e. The molecule has 232 valence electrons. The number of carbonyl (C=O) groups is 3. The Morgan fingerprint density at radius 2 is 1.58 bits per heavy atom. The lowest BCUT2D eigenvalue weighted by molar-refractivity contribution is -0.164. The first-order chi connectivity index (χ1) is 20.7. The van der Waals surface area contributed by atoms with E-state index in [1.54, 1.807) is 37.1 Å². The summed E-state index contributed by atoms with van der Waals surface area (Å²) in [5, 5.41) is 32.0. The summed E-state index contributed by atoms with van der Waals surface area (Å²) in [7, 11) is 3.51. The summed E-state index contributed by atoms with van der Waals surface area (Å²) in [6.45, 7) is 6.90. The van der Waals surface area contributed by atoms with Crippen LogP contribution in [0.5, 0.6) is 17.2 Å². The van der Waals surface area contributed by atoms with Crippen LogP contribution in [0.15, 0.2) is 72.8 Å². The SMILES string of the molecule is CC.CCC(=O)N1C(N(C)C=O)CN(Cc2ccc(O)c(O)c2)C(=O)[C@@H]1Cc1ccc(O)cc1.CNCc1ccccc1. The molecule has 0 spiro atoms. The van der Waals surface area contributed by atoms with Gasteiger partial charge in [0, 0.05) is 33.0 Å². The number of benzene rings is 3. The molecule has 0 bridgehead atoms. The van der Waals surface area contributed by atoms with Gasteiger partial charge in [0.25, 0.3) is 0 Å². The zero-order valence-electron chi connectivity index (χ0n) is 25.6. The summed E-state index contributed by atoms with van der Waals surface area (Å²) < 4.78 is 0. The maximum atomic E-state index is 13.5. The van der Waals surface area contributed by atoms with Crippen LogP contribution in [0.4, 0.5) is 0 Å². The highest BCUT2D eigenvalue weighted by Crippen LogP contribution is 2.28. The van der Waals surface area contributed by atoms with Crippen LogP contribution in [0, 0.1) is 0 Å². The molecule has 10 nitrogen and oxygen atoms in total. The van der Waals surface area contributed by atoms with Gasteiger partial charge >= 0.3 is 0 Å². The fraction of sp³-hybridized carbons (Fsp3) is 0.364. The number of amides is 3. The molecule has 1 aliphatic rings. The molecular formula is C33H44N4O6. The van der Waals surface area contributed by atoms with Crippen molar-refractivity contribution in [2.45, 2.75) is 58.9 Å². The van der Waals surface area contributed by atoms with Crippen molar-refractivity contribution in [2.75, 3.05) is 20.6 Å². The summed E-state index contributed by atoms with van der Waals surface area (Å²) in [5.41, 5.74) is 2.69. The van der Waals surface area contributed by atoms with Gasteiger partial charge in [-0.05, 0) is 48.0 Å². The highest BCUT2D eigenvalue weighted by Gasteiger charge is 2.44.